The first kappa shape index (κ1) is 18.3. The topological polar surface area (TPSA) is 87.7 Å². The number of amides is 3. The van der Waals surface area contributed by atoms with Gasteiger partial charge in [0.05, 0.1) is 12.6 Å². The lowest BCUT2D eigenvalue weighted by Gasteiger charge is -2.39. The van der Waals surface area contributed by atoms with Crippen molar-refractivity contribution in [3.63, 3.8) is 0 Å². The lowest BCUT2D eigenvalue weighted by Crippen LogP contribution is -2.62. The van der Waals surface area contributed by atoms with Crippen LogP contribution in [0.4, 0.5) is 4.79 Å². The molecule has 0 aromatic rings. The maximum absolute atomic E-state index is 11.7. The van der Waals surface area contributed by atoms with Gasteiger partial charge < -0.3 is 20.3 Å². The first-order valence-corrected chi connectivity index (χ1v) is 7.67. The molecule has 0 unspecified atom stereocenters. The molecule has 0 aliphatic carbocycles. The third-order valence-electron chi connectivity index (χ3n) is 3.38. The van der Waals surface area contributed by atoms with Crippen LogP contribution < -0.4 is 10.6 Å². The largest absolute Gasteiger partial charge is 0.444 e. The summed E-state index contributed by atoms with van der Waals surface area (Å²) in [5, 5.41) is 5.37. The standard InChI is InChI=1S/C15H27N3O4/c1-6-10(2)13(20)16-7-12(19)17-11-8-18(9-11)14(21)22-15(3,4)5/h10-11H,6-9H2,1-5H3,(H,16,20)(H,17,19)/t10-/m1/s1. The van der Waals surface area contributed by atoms with Gasteiger partial charge >= 0.3 is 6.09 Å². The van der Waals surface area contributed by atoms with Gasteiger partial charge in [0.25, 0.3) is 0 Å². The van der Waals surface area contributed by atoms with Crippen LogP contribution in [0.3, 0.4) is 0 Å². The Balaban J connectivity index is 2.21. The minimum absolute atomic E-state index is 0.0356. The van der Waals surface area contributed by atoms with E-state index >= 15 is 0 Å². The van der Waals surface area contributed by atoms with E-state index < -0.39 is 5.60 Å². The van der Waals surface area contributed by atoms with Crippen LogP contribution in [0.2, 0.25) is 0 Å². The van der Waals surface area contributed by atoms with Gasteiger partial charge in [-0.15, -0.1) is 0 Å². The van der Waals surface area contributed by atoms with E-state index in [9.17, 15) is 14.4 Å². The van der Waals surface area contributed by atoms with Crippen LogP contribution in [-0.2, 0) is 14.3 Å². The lowest BCUT2D eigenvalue weighted by molar-refractivity contribution is -0.128. The second-order valence-corrected chi connectivity index (χ2v) is 6.68. The van der Waals surface area contributed by atoms with Crippen molar-refractivity contribution in [2.24, 2.45) is 5.92 Å². The molecule has 0 radical (unpaired) electrons. The quantitative estimate of drug-likeness (QED) is 0.789. The Morgan fingerprint density at radius 2 is 1.86 bits per heavy atom. The molecule has 1 aliphatic heterocycles. The van der Waals surface area contributed by atoms with Crippen molar-refractivity contribution in [1.29, 1.82) is 0 Å². The highest BCUT2D eigenvalue weighted by molar-refractivity contribution is 5.85. The molecular weight excluding hydrogens is 286 g/mol. The molecule has 22 heavy (non-hydrogen) atoms. The van der Waals surface area contributed by atoms with E-state index in [1.807, 2.05) is 34.6 Å². The number of ether oxygens (including phenoxy) is 1. The van der Waals surface area contributed by atoms with Crippen molar-refractivity contribution in [3.05, 3.63) is 0 Å². The van der Waals surface area contributed by atoms with E-state index in [1.165, 1.54) is 4.90 Å². The van der Waals surface area contributed by atoms with E-state index in [-0.39, 0.29) is 36.4 Å². The Hall–Kier alpha value is -1.79. The van der Waals surface area contributed by atoms with Gasteiger partial charge in [0.2, 0.25) is 11.8 Å². The Bertz CT molecular complexity index is 425. The third-order valence-corrected chi connectivity index (χ3v) is 3.38. The van der Waals surface area contributed by atoms with Crippen LogP contribution in [0, 0.1) is 5.92 Å². The third kappa shape index (κ3) is 5.91. The molecule has 0 saturated carbocycles. The summed E-state index contributed by atoms with van der Waals surface area (Å²) in [6.45, 7) is 9.99. The molecule has 1 fully saturated rings. The average molecular weight is 313 g/mol. The molecule has 1 heterocycles. The summed E-state index contributed by atoms with van der Waals surface area (Å²) in [7, 11) is 0. The van der Waals surface area contributed by atoms with E-state index in [0.29, 0.717) is 13.1 Å². The number of hydrogen-bond donors (Lipinski definition) is 2. The van der Waals surface area contributed by atoms with Crippen LogP contribution in [0.15, 0.2) is 0 Å². The molecule has 0 bridgehead atoms. The fraction of sp³-hybridized carbons (Fsp3) is 0.800. The van der Waals surface area contributed by atoms with Gasteiger partial charge in [-0.3, -0.25) is 9.59 Å². The fourth-order valence-corrected chi connectivity index (χ4v) is 1.85. The minimum Gasteiger partial charge on any atom is -0.444 e. The zero-order valence-electron chi connectivity index (χ0n) is 14.1. The van der Waals surface area contributed by atoms with Crippen molar-refractivity contribution in [2.45, 2.75) is 52.7 Å². The number of nitrogens with one attached hydrogen (secondary N) is 2. The highest BCUT2D eigenvalue weighted by Crippen LogP contribution is 2.15. The summed E-state index contributed by atoms with van der Waals surface area (Å²) in [5.74, 6) is -0.466. The number of hydrogen-bond acceptors (Lipinski definition) is 4. The molecule has 2 N–H and O–H groups in total. The Morgan fingerprint density at radius 1 is 1.27 bits per heavy atom. The zero-order chi connectivity index (χ0) is 16.9. The van der Waals surface area contributed by atoms with Crippen molar-refractivity contribution >= 4 is 17.9 Å². The van der Waals surface area contributed by atoms with Crippen LogP contribution >= 0.6 is 0 Å². The lowest BCUT2D eigenvalue weighted by atomic mass is 10.1. The molecule has 3 amide bonds. The van der Waals surface area contributed by atoms with Crippen molar-refractivity contribution in [2.75, 3.05) is 19.6 Å². The molecule has 0 aromatic heterocycles. The number of likely N-dealkylation sites (tertiary alicyclic amines) is 1. The molecule has 0 aromatic carbocycles. The van der Waals surface area contributed by atoms with E-state index in [0.717, 1.165) is 6.42 Å². The van der Waals surface area contributed by atoms with Crippen molar-refractivity contribution < 1.29 is 19.1 Å². The highest BCUT2D eigenvalue weighted by atomic mass is 16.6. The highest BCUT2D eigenvalue weighted by Gasteiger charge is 2.34. The van der Waals surface area contributed by atoms with Crippen molar-refractivity contribution in [1.82, 2.24) is 15.5 Å². The van der Waals surface area contributed by atoms with Gasteiger partial charge in [-0.1, -0.05) is 13.8 Å². The van der Waals surface area contributed by atoms with Gasteiger partial charge in [-0.05, 0) is 27.2 Å². The SMILES string of the molecule is CC[C@@H](C)C(=O)NCC(=O)NC1CN(C(=O)OC(C)(C)C)C1. The van der Waals surface area contributed by atoms with Crippen LogP contribution in [0.5, 0.6) is 0 Å². The molecular formula is C15H27N3O4. The first-order valence-electron chi connectivity index (χ1n) is 7.67. The second kappa shape index (κ2) is 7.47. The molecule has 1 saturated heterocycles. The summed E-state index contributed by atoms with van der Waals surface area (Å²) in [4.78, 5) is 36.5. The monoisotopic (exact) mass is 313 g/mol. The van der Waals surface area contributed by atoms with E-state index in [2.05, 4.69) is 10.6 Å². The Morgan fingerprint density at radius 3 is 2.36 bits per heavy atom. The molecule has 126 valence electrons. The molecule has 0 spiro atoms. The van der Waals surface area contributed by atoms with Crippen LogP contribution in [0.1, 0.15) is 41.0 Å². The zero-order valence-corrected chi connectivity index (χ0v) is 14.1. The van der Waals surface area contributed by atoms with Gasteiger partial charge in [0, 0.05) is 19.0 Å². The molecule has 1 atom stereocenters. The van der Waals surface area contributed by atoms with E-state index in [1.54, 1.807) is 0 Å². The molecule has 7 heteroatoms. The average Bonchev–Trinajstić information content (AvgIpc) is 2.36. The van der Waals surface area contributed by atoms with E-state index in [4.69, 9.17) is 4.74 Å². The molecule has 1 rings (SSSR count). The number of rotatable bonds is 5. The normalized spacial score (nSPS) is 16.5. The van der Waals surface area contributed by atoms with Gasteiger partial charge in [0.15, 0.2) is 0 Å². The summed E-state index contributed by atoms with van der Waals surface area (Å²) >= 11 is 0. The Kier molecular flexibility index (Phi) is 6.20. The number of nitrogens with zero attached hydrogens (tertiary/aromatic N) is 1. The summed E-state index contributed by atoms with van der Waals surface area (Å²) < 4.78 is 5.23. The first-order chi connectivity index (χ1) is 10.1. The van der Waals surface area contributed by atoms with Gasteiger partial charge in [-0.2, -0.15) is 0 Å². The fourth-order valence-electron chi connectivity index (χ4n) is 1.85. The maximum Gasteiger partial charge on any atom is 0.410 e. The van der Waals surface area contributed by atoms with Gasteiger partial charge in [0.1, 0.15) is 5.60 Å². The Labute approximate surface area is 131 Å². The smallest absolute Gasteiger partial charge is 0.410 e. The van der Waals surface area contributed by atoms with Crippen LogP contribution in [-0.4, -0.2) is 54.1 Å². The van der Waals surface area contributed by atoms with Crippen LogP contribution in [0.25, 0.3) is 0 Å². The maximum atomic E-state index is 11.7. The minimum atomic E-state index is -0.522. The predicted molar refractivity (Wildman–Crippen MR) is 82.2 cm³/mol. The number of carbonyl (C=O) groups is 3. The van der Waals surface area contributed by atoms with Crippen molar-refractivity contribution in [3.8, 4) is 0 Å². The van der Waals surface area contributed by atoms with Gasteiger partial charge in [-0.25, -0.2) is 4.79 Å². The summed E-state index contributed by atoms with van der Waals surface area (Å²) in [5.41, 5.74) is -0.522. The predicted octanol–water partition coefficient (Wildman–Crippen LogP) is 0.884. The molecule has 1 aliphatic rings. The molecule has 7 nitrogen and oxygen atoms in total. The second-order valence-electron chi connectivity index (χ2n) is 6.68. The number of carbonyl (C=O) groups excluding carboxylic acids is 3. The summed E-state index contributed by atoms with van der Waals surface area (Å²) in [6, 6.07) is -0.0829. The summed E-state index contributed by atoms with van der Waals surface area (Å²) in [6.07, 6.45) is 0.365.